The number of aromatic nitrogens is 1. The summed E-state index contributed by atoms with van der Waals surface area (Å²) in [5, 5.41) is 7.28. The van der Waals surface area contributed by atoms with Crippen molar-refractivity contribution >= 4 is 17.2 Å². The summed E-state index contributed by atoms with van der Waals surface area (Å²) in [5.74, 6) is -0.0327. The lowest BCUT2D eigenvalue weighted by Crippen LogP contribution is -2.42. The number of carbonyl (C=O) groups excluding carboxylic acids is 1. The van der Waals surface area contributed by atoms with Gasteiger partial charge in [0.1, 0.15) is 0 Å². The minimum absolute atomic E-state index is 0.0327. The lowest BCUT2D eigenvalue weighted by Gasteiger charge is -2.20. The van der Waals surface area contributed by atoms with Crippen LogP contribution in [0, 0.1) is 6.92 Å². The van der Waals surface area contributed by atoms with E-state index >= 15 is 0 Å². The zero-order valence-corrected chi connectivity index (χ0v) is 13.3. The summed E-state index contributed by atoms with van der Waals surface area (Å²) in [6.07, 6.45) is 3.46. The molecule has 4 rings (SSSR count). The molecule has 3 heterocycles. The predicted octanol–water partition coefficient (Wildman–Crippen LogP) is 2.74. The molecule has 0 aliphatic carbocycles. The number of nitrogens with zero attached hydrogens (tertiary/aromatic N) is 1. The van der Waals surface area contributed by atoms with Crippen molar-refractivity contribution in [2.75, 3.05) is 0 Å². The molecule has 2 saturated heterocycles. The molecule has 2 bridgehead atoms. The second kappa shape index (κ2) is 5.48. The van der Waals surface area contributed by atoms with Crippen LogP contribution in [0.5, 0.6) is 0 Å². The van der Waals surface area contributed by atoms with E-state index in [0.717, 1.165) is 22.6 Å². The van der Waals surface area contributed by atoms with Crippen LogP contribution in [0.1, 0.15) is 34.8 Å². The first kappa shape index (κ1) is 13.9. The summed E-state index contributed by atoms with van der Waals surface area (Å²) in [6.45, 7) is 1.97. The van der Waals surface area contributed by atoms with Gasteiger partial charge in [0, 0.05) is 18.1 Å². The number of carbonyl (C=O) groups is 1. The Kier molecular flexibility index (Phi) is 3.47. The molecule has 0 unspecified atom stereocenters. The Morgan fingerprint density at radius 2 is 2.14 bits per heavy atom. The van der Waals surface area contributed by atoms with Gasteiger partial charge in [-0.2, -0.15) is 0 Å². The Labute approximate surface area is 134 Å². The van der Waals surface area contributed by atoms with Gasteiger partial charge >= 0.3 is 0 Å². The number of fused-ring (bicyclic) bond motifs is 2. The minimum atomic E-state index is -0.0327. The van der Waals surface area contributed by atoms with Crippen LogP contribution in [0.15, 0.2) is 30.3 Å². The maximum atomic E-state index is 12.5. The highest BCUT2D eigenvalue weighted by Gasteiger charge is 2.40. The van der Waals surface area contributed by atoms with E-state index in [1.807, 2.05) is 25.1 Å². The van der Waals surface area contributed by atoms with Gasteiger partial charge < -0.3 is 10.6 Å². The molecule has 0 saturated carbocycles. The van der Waals surface area contributed by atoms with Crippen molar-refractivity contribution in [1.82, 2.24) is 15.6 Å². The molecular formula is C17H19N3OS. The average Bonchev–Trinajstić information content (AvgIpc) is 3.23. The van der Waals surface area contributed by atoms with Crippen LogP contribution in [0.25, 0.3) is 10.4 Å². The number of hydrogen-bond acceptors (Lipinski definition) is 4. The van der Waals surface area contributed by atoms with E-state index in [1.54, 1.807) is 0 Å². The molecule has 114 valence electrons. The standard InChI is InChI=1S/C17H19N3OS/c1-10-15(11-5-3-2-4-6-11)22-17(18-10)16(21)20-14-9-12-7-8-13(14)19-12/h2-6,12-14,19H,7-9H2,1H3,(H,20,21)/t12-,13+,14-/m1/s1. The fraction of sp³-hybridized carbons (Fsp3) is 0.412. The zero-order chi connectivity index (χ0) is 15.1. The molecule has 2 aliphatic heterocycles. The zero-order valence-electron chi connectivity index (χ0n) is 12.5. The summed E-state index contributed by atoms with van der Waals surface area (Å²) in [5.41, 5.74) is 2.05. The lowest BCUT2D eigenvalue weighted by molar-refractivity contribution is 0.0930. The molecule has 2 N–H and O–H groups in total. The van der Waals surface area contributed by atoms with Crippen molar-refractivity contribution in [3.8, 4) is 10.4 Å². The maximum absolute atomic E-state index is 12.5. The maximum Gasteiger partial charge on any atom is 0.280 e. The molecule has 1 aromatic heterocycles. The first-order valence-electron chi connectivity index (χ1n) is 7.80. The van der Waals surface area contributed by atoms with E-state index in [-0.39, 0.29) is 11.9 Å². The Balaban J connectivity index is 1.52. The van der Waals surface area contributed by atoms with Gasteiger partial charge in [-0.05, 0) is 31.7 Å². The van der Waals surface area contributed by atoms with Crippen LogP contribution in [-0.4, -0.2) is 29.0 Å². The van der Waals surface area contributed by atoms with Gasteiger partial charge in [-0.25, -0.2) is 4.98 Å². The monoisotopic (exact) mass is 313 g/mol. The lowest BCUT2D eigenvalue weighted by atomic mass is 9.95. The third kappa shape index (κ3) is 2.44. The second-order valence-corrected chi connectivity index (χ2v) is 7.16. The molecule has 1 aromatic carbocycles. The van der Waals surface area contributed by atoms with E-state index < -0.39 is 0 Å². The summed E-state index contributed by atoms with van der Waals surface area (Å²) in [6, 6.07) is 11.4. The molecule has 22 heavy (non-hydrogen) atoms. The molecule has 0 spiro atoms. The Bertz CT molecular complexity index is 697. The van der Waals surface area contributed by atoms with Crippen molar-refractivity contribution in [1.29, 1.82) is 0 Å². The number of benzene rings is 1. The number of rotatable bonds is 3. The highest BCUT2D eigenvalue weighted by Crippen LogP contribution is 2.31. The molecule has 4 nitrogen and oxygen atoms in total. The third-order valence-corrected chi connectivity index (χ3v) is 5.85. The summed E-state index contributed by atoms with van der Waals surface area (Å²) in [7, 11) is 0. The molecule has 3 atom stereocenters. The number of amides is 1. The summed E-state index contributed by atoms with van der Waals surface area (Å²) < 4.78 is 0. The van der Waals surface area contributed by atoms with Gasteiger partial charge in [0.15, 0.2) is 5.01 Å². The Morgan fingerprint density at radius 1 is 1.32 bits per heavy atom. The normalized spacial score (nSPS) is 26.3. The van der Waals surface area contributed by atoms with Gasteiger partial charge in [-0.1, -0.05) is 30.3 Å². The second-order valence-electron chi connectivity index (χ2n) is 6.16. The smallest absolute Gasteiger partial charge is 0.280 e. The molecule has 2 aliphatic rings. The summed E-state index contributed by atoms with van der Waals surface area (Å²) in [4.78, 5) is 18.0. The van der Waals surface area contributed by atoms with Crippen molar-refractivity contribution in [2.24, 2.45) is 0 Å². The van der Waals surface area contributed by atoms with Gasteiger partial charge in [-0.15, -0.1) is 11.3 Å². The third-order valence-electron chi connectivity index (χ3n) is 4.64. The molecular weight excluding hydrogens is 294 g/mol. The number of hydrogen-bond donors (Lipinski definition) is 2. The SMILES string of the molecule is Cc1nc(C(=O)N[C@@H]2C[C@H]3CC[C@@H]2N3)sc1-c1ccccc1. The van der Waals surface area contributed by atoms with Gasteiger partial charge in [-0.3, -0.25) is 4.79 Å². The van der Waals surface area contributed by atoms with Crippen molar-refractivity contribution in [2.45, 2.75) is 44.3 Å². The minimum Gasteiger partial charge on any atom is -0.346 e. The van der Waals surface area contributed by atoms with Gasteiger partial charge in [0.05, 0.1) is 10.6 Å². The predicted molar refractivity (Wildman–Crippen MR) is 88.1 cm³/mol. The average molecular weight is 313 g/mol. The van der Waals surface area contributed by atoms with E-state index in [4.69, 9.17) is 0 Å². The number of thiazole rings is 1. The fourth-order valence-electron chi connectivity index (χ4n) is 3.56. The highest BCUT2D eigenvalue weighted by atomic mass is 32.1. The first-order chi connectivity index (χ1) is 10.7. The Morgan fingerprint density at radius 3 is 2.82 bits per heavy atom. The van der Waals surface area contributed by atoms with Crippen LogP contribution in [0.2, 0.25) is 0 Å². The molecule has 2 fully saturated rings. The topological polar surface area (TPSA) is 54.0 Å². The molecule has 2 aromatic rings. The van der Waals surface area contributed by atoms with Gasteiger partial charge in [0.25, 0.3) is 5.91 Å². The highest BCUT2D eigenvalue weighted by molar-refractivity contribution is 7.17. The van der Waals surface area contributed by atoms with Crippen LogP contribution in [-0.2, 0) is 0 Å². The molecule has 1 amide bonds. The molecule has 0 radical (unpaired) electrons. The van der Waals surface area contributed by atoms with Crippen LogP contribution in [0.4, 0.5) is 0 Å². The fourth-order valence-corrected chi connectivity index (χ4v) is 4.54. The van der Waals surface area contributed by atoms with Crippen molar-refractivity contribution < 1.29 is 4.79 Å². The van der Waals surface area contributed by atoms with Crippen LogP contribution < -0.4 is 10.6 Å². The van der Waals surface area contributed by atoms with Crippen LogP contribution in [0.3, 0.4) is 0 Å². The molecule has 5 heteroatoms. The Hall–Kier alpha value is -1.72. The van der Waals surface area contributed by atoms with Crippen molar-refractivity contribution in [3.05, 3.63) is 41.0 Å². The quantitative estimate of drug-likeness (QED) is 0.916. The van der Waals surface area contributed by atoms with Crippen molar-refractivity contribution in [3.63, 3.8) is 0 Å². The largest absolute Gasteiger partial charge is 0.346 e. The first-order valence-corrected chi connectivity index (χ1v) is 8.62. The van der Waals surface area contributed by atoms with E-state index in [1.165, 1.54) is 24.2 Å². The van der Waals surface area contributed by atoms with E-state index in [0.29, 0.717) is 17.1 Å². The number of aryl methyl sites for hydroxylation is 1. The van der Waals surface area contributed by atoms with Gasteiger partial charge in [0.2, 0.25) is 0 Å². The van der Waals surface area contributed by atoms with E-state index in [9.17, 15) is 4.79 Å². The summed E-state index contributed by atoms with van der Waals surface area (Å²) >= 11 is 1.48. The number of nitrogens with one attached hydrogen (secondary N) is 2. The van der Waals surface area contributed by atoms with Crippen LogP contribution >= 0.6 is 11.3 Å². The van der Waals surface area contributed by atoms with E-state index in [2.05, 4.69) is 27.8 Å².